The summed E-state index contributed by atoms with van der Waals surface area (Å²) in [7, 11) is 1.63. The van der Waals surface area contributed by atoms with E-state index in [1.165, 1.54) is 12.8 Å². The highest BCUT2D eigenvalue weighted by Gasteiger charge is 2.09. The number of H-pyrrole nitrogens is 1. The maximum atomic E-state index is 5.74. The van der Waals surface area contributed by atoms with Crippen molar-refractivity contribution in [2.24, 2.45) is 5.10 Å². The predicted octanol–water partition coefficient (Wildman–Crippen LogP) is 5.07. The Morgan fingerprint density at radius 1 is 1.14 bits per heavy atom. The number of benzene rings is 2. The summed E-state index contributed by atoms with van der Waals surface area (Å²) in [6.07, 6.45) is 5.19. The largest absolute Gasteiger partial charge is 0.497 e. The summed E-state index contributed by atoms with van der Waals surface area (Å²) in [4.78, 5) is 0. The number of hydrogen-bond donors (Lipinski definition) is 1. The van der Waals surface area contributed by atoms with Gasteiger partial charge in [0, 0.05) is 5.56 Å². The lowest BCUT2D eigenvalue weighted by Gasteiger charge is -2.06. The Balaban J connectivity index is 1.74. The van der Waals surface area contributed by atoms with Crippen molar-refractivity contribution in [1.82, 2.24) is 14.9 Å². The van der Waals surface area contributed by atoms with Crippen molar-refractivity contribution in [3.8, 4) is 22.9 Å². The number of nitrogens with zero attached hydrogens (tertiary/aromatic N) is 3. The third-order valence-corrected chi connectivity index (χ3v) is 4.46. The van der Waals surface area contributed by atoms with Gasteiger partial charge in [-0.3, -0.25) is 0 Å². The highest BCUT2D eigenvalue weighted by Crippen LogP contribution is 2.22. The zero-order valence-electron chi connectivity index (χ0n) is 16.1. The Labute approximate surface area is 169 Å². The van der Waals surface area contributed by atoms with E-state index >= 15 is 0 Å². The van der Waals surface area contributed by atoms with Crippen molar-refractivity contribution >= 4 is 18.4 Å². The van der Waals surface area contributed by atoms with Gasteiger partial charge in [-0.05, 0) is 60.6 Å². The van der Waals surface area contributed by atoms with Crippen LogP contribution in [-0.2, 0) is 0 Å². The summed E-state index contributed by atoms with van der Waals surface area (Å²) in [5, 5.41) is 11.6. The smallest absolute Gasteiger partial charge is 0.216 e. The van der Waals surface area contributed by atoms with Crippen LogP contribution in [0.4, 0.5) is 0 Å². The van der Waals surface area contributed by atoms with Crippen LogP contribution in [0, 0.1) is 4.77 Å². The molecule has 0 fully saturated rings. The lowest BCUT2D eigenvalue weighted by Crippen LogP contribution is -1.97. The molecule has 0 bridgehead atoms. The molecule has 0 unspecified atom stereocenters. The van der Waals surface area contributed by atoms with Gasteiger partial charge < -0.3 is 9.47 Å². The Kier molecular flexibility index (Phi) is 6.97. The Morgan fingerprint density at radius 3 is 2.71 bits per heavy atom. The average molecular weight is 397 g/mol. The maximum Gasteiger partial charge on any atom is 0.216 e. The molecule has 0 amide bonds. The second-order valence-corrected chi connectivity index (χ2v) is 6.65. The van der Waals surface area contributed by atoms with Crippen LogP contribution < -0.4 is 9.47 Å². The van der Waals surface area contributed by atoms with Crippen LogP contribution in [0.1, 0.15) is 31.7 Å². The van der Waals surface area contributed by atoms with Gasteiger partial charge in [0.15, 0.2) is 5.82 Å². The number of rotatable bonds is 9. The molecule has 3 rings (SSSR count). The molecule has 2 aromatic carbocycles. The average Bonchev–Trinajstić information content (AvgIpc) is 3.11. The minimum atomic E-state index is 0.421. The lowest BCUT2D eigenvalue weighted by atomic mass is 10.2. The summed E-state index contributed by atoms with van der Waals surface area (Å²) in [6, 6.07) is 15.4. The highest BCUT2D eigenvalue weighted by molar-refractivity contribution is 7.71. The summed E-state index contributed by atoms with van der Waals surface area (Å²) < 4.78 is 13.0. The highest BCUT2D eigenvalue weighted by atomic mass is 32.1. The van der Waals surface area contributed by atoms with E-state index < -0.39 is 0 Å². The van der Waals surface area contributed by atoms with Crippen LogP contribution in [0.2, 0.25) is 0 Å². The van der Waals surface area contributed by atoms with Crippen molar-refractivity contribution in [2.45, 2.75) is 26.2 Å². The standard InChI is InChI=1S/C21H24N4O2S/c1-3-4-5-13-27-18-11-9-16(10-12-18)15-22-25-20(23-24-21(25)28)17-7-6-8-19(14-17)26-2/h6-12,14-15H,3-5,13H2,1-2H3,(H,24,28)/b22-15+. The Hall–Kier alpha value is -2.93. The molecule has 0 aliphatic rings. The third-order valence-electron chi connectivity index (χ3n) is 4.20. The molecule has 1 heterocycles. The van der Waals surface area contributed by atoms with E-state index in [1.807, 2.05) is 48.5 Å². The summed E-state index contributed by atoms with van der Waals surface area (Å²) in [6.45, 7) is 2.93. The molecule has 0 saturated heterocycles. The van der Waals surface area contributed by atoms with Gasteiger partial charge in [0.1, 0.15) is 11.5 Å². The lowest BCUT2D eigenvalue weighted by molar-refractivity contribution is 0.306. The normalized spacial score (nSPS) is 11.1. The molecule has 146 valence electrons. The van der Waals surface area contributed by atoms with Crippen LogP contribution in [0.5, 0.6) is 11.5 Å². The van der Waals surface area contributed by atoms with E-state index in [-0.39, 0.29) is 0 Å². The summed E-state index contributed by atoms with van der Waals surface area (Å²) in [5.74, 6) is 2.23. The van der Waals surface area contributed by atoms with Gasteiger partial charge in [-0.15, -0.1) is 0 Å². The third kappa shape index (κ3) is 5.07. The molecular weight excluding hydrogens is 372 g/mol. The Bertz CT molecular complexity index is 977. The van der Waals surface area contributed by atoms with Crippen LogP contribution in [0.15, 0.2) is 53.6 Å². The van der Waals surface area contributed by atoms with Gasteiger partial charge in [0.05, 0.1) is 19.9 Å². The number of methoxy groups -OCH3 is 1. The van der Waals surface area contributed by atoms with Crippen molar-refractivity contribution < 1.29 is 9.47 Å². The van der Waals surface area contributed by atoms with E-state index in [0.717, 1.165) is 35.7 Å². The second kappa shape index (κ2) is 9.85. The van der Waals surface area contributed by atoms with E-state index in [9.17, 15) is 0 Å². The molecule has 0 saturated carbocycles. The molecule has 28 heavy (non-hydrogen) atoms. The minimum Gasteiger partial charge on any atom is -0.497 e. The number of aromatic amines is 1. The quantitative estimate of drug-likeness (QED) is 0.312. The molecular formula is C21H24N4O2S. The SMILES string of the molecule is CCCCCOc1ccc(/C=N/n2c(-c3cccc(OC)c3)n[nH]c2=S)cc1. The fraction of sp³-hybridized carbons (Fsp3) is 0.286. The number of ether oxygens (including phenoxy) is 2. The van der Waals surface area contributed by atoms with E-state index in [4.69, 9.17) is 21.7 Å². The first-order valence-electron chi connectivity index (χ1n) is 9.30. The van der Waals surface area contributed by atoms with Crippen molar-refractivity contribution in [2.75, 3.05) is 13.7 Å². The van der Waals surface area contributed by atoms with Gasteiger partial charge in [0.2, 0.25) is 4.77 Å². The van der Waals surface area contributed by atoms with Gasteiger partial charge in [-0.1, -0.05) is 31.9 Å². The molecule has 7 heteroatoms. The molecule has 3 aromatic rings. The first-order chi connectivity index (χ1) is 13.7. The predicted molar refractivity (Wildman–Crippen MR) is 114 cm³/mol. The zero-order chi connectivity index (χ0) is 19.8. The van der Waals surface area contributed by atoms with E-state index in [1.54, 1.807) is 18.0 Å². The summed E-state index contributed by atoms with van der Waals surface area (Å²) >= 11 is 5.32. The number of hydrogen-bond acceptors (Lipinski definition) is 5. The van der Waals surface area contributed by atoms with Gasteiger partial charge in [-0.2, -0.15) is 14.9 Å². The zero-order valence-corrected chi connectivity index (χ0v) is 16.9. The first-order valence-corrected chi connectivity index (χ1v) is 9.71. The molecule has 0 spiro atoms. The monoisotopic (exact) mass is 396 g/mol. The minimum absolute atomic E-state index is 0.421. The fourth-order valence-corrected chi connectivity index (χ4v) is 2.84. The van der Waals surface area contributed by atoms with E-state index in [2.05, 4.69) is 22.2 Å². The van der Waals surface area contributed by atoms with Gasteiger partial charge >= 0.3 is 0 Å². The van der Waals surface area contributed by atoms with Crippen LogP contribution in [0.25, 0.3) is 11.4 Å². The molecule has 0 atom stereocenters. The first kappa shape index (κ1) is 19.8. The van der Waals surface area contributed by atoms with Gasteiger partial charge in [-0.25, -0.2) is 5.10 Å². The van der Waals surface area contributed by atoms with Crippen molar-refractivity contribution in [1.29, 1.82) is 0 Å². The number of unbranched alkanes of at least 4 members (excludes halogenated alkanes) is 2. The molecule has 1 N–H and O–H groups in total. The summed E-state index contributed by atoms with van der Waals surface area (Å²) in [5.41, 5.74) is 1.81. The van der Waals surface area contributed by atoms with Crippen LogP contribution in [0.3, 0.4) is 0 Å². The Morgan fingerprint density at radius 2 is 1.96 bits per heavy atom. The molecule has 1 aromatic heterocycles. The van der Waals surface area contributed by atoms with Crippen LogP contribution >= 0.6 is 12.2 Å². The van der Waals surface area contributed by atoms with Crippen molar-refractivity contribution in [3.05, 3.63) is 58.9 Å². The number of aromatic nitrogens is 3. The van der Waals surface area contributed by atoms with E-state index in [0.29, 0.717) is 10.6 Å². The fourth-order valence-electron chi connectivity index (χ4n) is 2.66. The van der Waals surface area contributed by atoms with Gasteiger partial charge in [0.25, 0.3) is 0 Å². The van der Waals surface area contributed by atoms with Crippen LogP contribution in [-0.4, -0.2) is 34.8 Å². The topological polar surface area (TPSA) is 64.4 Å². The number of nitrogens with one attached hydrogen (secondary N) is 1. The molecule has 0 aliphatic heterocycles. The maximum absolute atomic E-state index is 5.74. The second-order valence-electron chi connectivity index (χ2n) is 6.27. The molecule has 0 radical (unpaired) electrons. The molecule has 6 nitrogen and oxygen atoms in total. The van der Waals surface area contributed by atoms with Crippen molar-refractivity contribution in [3.63, 3.8) is 0 Å². The molecule has 0 aliphatic carbocycles.